The van der Waals surface area contributed by atoms with Gasteiger partial charge in [-0.2, -0.15) is 0 Å². The summed E-state index contributed by atoms with van der Waals surface area (Å²) in [5, 5.41) is 4.03. The Bertz CT molecular complexity index is 1280. The van der Waals surface area contributed by atoms with Gasteiger partial charge in [0.1, 0.15) is 0 Å². The van der Waals surface area contributed by atoms with Crippen LogP contribution in [0.3, 0.4) is 0 Å². The smallest absolute Gasteiger partial charge is 0.0426 e. The maximum absolute atomic E-state index is 6.59. The summed E-state index contributed by atoms with van der Waals surface area (Å²) in [5.74, 6) is 0. The van der Waals surface area contributed by atoms with E-state index in [1.165, 1.54) is 33.4 Å². The van der Waals surface area contributed by atoms with Gasteiger partial charge in [0.15, 0.2) is 0 Å². The zero-order valence-electron chi connectivity index (χ0n) is 18.1. The monoisotopic (exact) mass is 436 g/mol. The van der Waals surface area contributed by atoms with Crippen molar-refractivity contribution in [2.75, 3.05) is 20.1 Å². The van der Waals surface area contributed by atoms with Crippen molar-refractivity contribution in [3.05, 3.63) is 120 Å². The third-order valence-corrected chi connectivity index (χ3v) is 6.11. The molecule has 0 amide bonds. The summed E-state index contributed by atoms with van der Waals surface area (Å²) < 4.78 is 0. The van der Waals surface area contributed by atoms with Gasteiger partial charge >= 0.3 is 0 Å². The predicted octanol–water partition coefficient (Wildman–Crippen LogP) is 7.02. The molecule has 1 N–H and O–H groups in total. The molecule has 0 aromatic heterocycles. The van der Waals surface area contributed by atoms with Gasteiger partial charge in [-0.05, 0) is 99.4 Å². The third kappa shape index (κ3) is 4.42. The van der Waals surface area contributed by atoms with Gasteiger partial charge in [0.25, 0.3) is 0 Å². The number of hydrogen-bond donors (Lipinski definition) is 1. The second-order valence-electron chi connectivity index (χ2n) is 8.27. The minimum atomic E-state index is 0.745. The second kappa shape index (κ2) is 8.94. The minimum Gasteiger partial charge on any atom is -0.387 e. The molecular weight excluding hydrogens is 412 g/mol. The van der Waals surface area contributed by atoms with Crippen LogP contribution in [0.1, 0.15) is 11.1 Å². The number of nitrogens with one attached hydrogen (secondary N) is 1. The highest BCUT2D eigenvalue weighted by Gasteiger charge is 2.11. The van der Waals surface area contributed by atoms with Gasteiger partial charge in [-0.15, -0.1) is 0 Å². The first-order valence-electron chi connectivity index (χ1n) is 10.8. The second-order valence-corrected chi connectivity index (χ2v) is 8.71. The predicted molar refractivity (Wildman–Crippen MR) is 137 cm³/mol. The maximum atomic E-state index is 6.59. The van der Waals surface area contributed by atoms with Crippen LogP contribution in [0.15, 0.2) is 103 Å². The molecule has 0 fully saturated rings. The van der Waals surface area contributed by atoms with E-state index in [9.17, 15) is 0 Å². The average molecular weight is 437 g/mol. The summed E-state index contributed by atoms with van der Waals surface area (Å²) in [5.41, 5.74) is 9.65. The van der Waals surface area contributed by atoms with Crippen molar-refractivity contribution in [1.82, 2.24) is 10.2 Å². The number of allylic oxidation sites excluding steroid dienone is 4. The van der Waals surface area contributed by atoms with Gasteiger partial charge in [-0.1, -0.05) is 60.2 Å². The molecule has 3 aromatic rings. The number of halogens is 1. The number of benzene rings is 3. The summed E-state index contributed by atoms with van der Waals surface area (Å²) in [7, 11) is 2.10. The number of rotatable bonds is 4. The molecule has 0 bridgehead atoms. The van der Waals surface area contributed by atoms with E-state index < -0.39 is 0 Å². The topological polar surface area (TPSA) is 15.3 Å². The summed E-state index contributed by atoms with van der Waals surface area (Å²) in [4.78, 5) is 2.19. The Balaban J connectivity index is 1.51. The SMILES string of the molecule is CN1C=CC=C(c2cccc(-c3cc(Cl)cc(-c4cccc(C5=CC=CNC5)c4)c3)c2)C1. The van der Waals surface area contributed by atoms with Crippen LogP contribution in [-0.2, 0) is 0 Å². The van der Waals surface area contributed by atoms with Gasteiger partial charge in [-0.25, -0.2) is 0 Å². The lowest BCUT2D eigenvalue weighted by Crippen LogP contribution is -2.15. The van der Waals surface area contributed by atoms with Gasteiger partial charge in [0.05, 0.1) is 0 Å². The number of likely N-dealkylation sites (N-methyl/N-ethyl adjacent to an activating group) is 1. The first kappa shape index (κ1) is 20.4. The van der Waals surface area contributed by atoms with E-state index in [0.717, 1.165) is 29.2 Å². The van der Waals surface area contributed by atoms with E-state index in [-0.39, 0.29) is 0 Å². The molecule has 32 heavy (non-hydrogen) atoms. The van der Waals surface area contributed by atoms with Gasteiger partial charge < -0.3 is 10.2 Å². The lowest BCUT2D eigenvalue weighted by Gasteiger charge is -2.20. The van der Waals surface area contributed by atoms with Crippen molar-refractivity contribution in [3.63, 3.8) is 0 Å². The summed E-state index contributed by atoms with van der Waals surface area (Å²) in [6.45, 7) is 1.75. The largest absolute Gasteiger partial charge is 0.387 e. The van der Waals surface area contributed by atoms with Gasteiger partial charge in [0, 0.05) is 25.2 Å². The molecule has 2 nitrogen and oxygen atoms in total. The molecule has 3 heteroatoms. The summed E-state index contributed by atoms with van der Waals surface area (Å²) >= 11 is 6.59. The quantitative estimate of drug-likeness (QED) is 0.472. The molecule has 0 saturated carbocycles. The molecule has 3 aromatic carbocycles. The number of dihydropyridines is 1. The van der Waals surface area contributed by atoms with E-state index in [1.807, 2.05) is 24.4 Å². The van der Waals surface area contributed by atoms with Crippen LogP contribution in [0, 0.1) is 0 Å². The number of hydrogen-bond acceptors (Lipinski definition) is 2. The van der Waals surface area contributed by atoms with Crippen molar-refractivity contribution in [2.24, 2.45) is 0 Å². The highest BCUT2D eigenvalue weighted by Crippen LogP contribution is 2.33. The van der Waals surface area contributed by atoms with Crippen molar-refractivity contribution < 1.29 is 0 Å². The fraction of sp³-hybridized carbons (Fsp3) is 0.103. The molecule has 0 radical (unpaired) electrons. The Morgan fingerprint density at radius 3 is 1.94 bits per heavy atom. The molecule has 2 aliphatic heterocycles. The molecule has 5 rings (SSSR count). The van der Waals surface area contributed by atoms with Crippen molar-refractivity contribution in [3.8, 4) is 22.3 Å². The normalized spacial score (nSPS) is 15.2. The van der Waals surface area contributed by atoms with Crippen LogP contribution in [-0.4, -0.2) is 25.0 Å². The lowest BCUT2D eigenvalue weighted by molar-refractivity contribution is 0.512. The average Bonchev–Trinajstić information content (AvgIpc) is 2.84. The standard InChI is InChI=1S/C29H25ClN2/c1-32-13-5-11-26(20-32)22-7-3-9-24(15-22)28-16-27(17-29(30)18-28)23-8-2-6-21(14-23)25-10-4-12-31-19-25/h2-18,31H,19-20H2,1H3. The maximum Gasteiger partial charge on any atom is 0.0426 e. The van der Waals surface area contributed by atoms with Crippen molar-refractivity contribution in [1.29, 1.82) is 0 Å². The van der Waals surface area contributed by atoms with E-state index in [0.29, 0.717) is 0 Å². The highest BCUT2D eigenvalue weighted by atomic mass is 35.5. The Morgan fingerprint density at radius 1 is 0.719 bits per heavy atom. The Hall–Kier alpha value is -3.49. The van der Waals surface area contributed by atoms with Crippen LogP contribution >= 0.6 is 11.6 Å². The van der Waals surface area contributed by atoms with Crippen LogP contribution in [0.5, 0.6) is 0 Å². The molecule has 0 unspecified atom stereocenters. The number of nitrogens with zero attached hydrogens (tertiary/aromatic N) is 1. The Morgan fingerprint density at radius 2 is 1.31 bits per heavy atom. The molecule has 0 atom stereocenters. The van der Waals surface area contributed by atoms with E-state index >= 15 is 0 Å². The first-order valence-corrected chi connectivity index (χ1v) is 11.2. The molecule has 0 aliphatic carbocycles. The lowest BCUT2D eigenvalue weighted by atomic mass is 9.94. The highest BCUT2D eigenvalue weighted by molar-refractivity contribution is 6.31. The summed E-state index contributed by atoms with van der Waals surface area (Å²) in [6, 6.07) is 23.7. The van der Waals surface area contributed by atoms with E-state index in [1.54, 1.807) is 0 Å². The van der Waals surface area contributed by atoms with Crippen LogP contribution < -0.4 is 5.32 Å². The molecule has 0 spiro atoms. The summed E-state index contributed by atoms with van der Waals surface area (Å²) in [6.07, 6.45) is 12.6. The Labute approximate surface area is 194 Å². The fourth-order valence-corrected chi connectivity index (χ4v) is 4.48. The third-order valence-electron chi connectivity index (χ3n) is 5.89. The zero-order valence-corrected chi connectivity index (χ0v) is 18.8. The van der Waals surface area contributed by atoms with E-state index in [2.05, 4.69) is 96.3 Å². The van der Waals surface area contributed by atoms with Crippen molar-refractivity contribution in [2.45, 2.75) is 0 Å². The molecule has 2 heterocycles. The minimum absolute atomic E-state index is 0.745. The van der Waals surface area contributed by atoms with Crippen LogP contribution in [0.25, 0.3) is 33.4 Å². The molecule has 2 aliphatic rings. The zero-order chi connectivity index (χ0) is 21.9. The fourth-order valence-electron chi connectivity index (χ4n) is 4.25. The molecule has 0 saturated heterocycles. The van der Waals surface area contributed by atoms with Gasteiger partial charge in [0.2, 0.25) is 0 Å². The van der Waals surface area contributed by atoms with Crippen LogP contribution in [0.4, 0.5) is 0 Å². The van der Waals surface area contributed by atoms with Crippen molar-refractivity contribution >= 4 is 22.7 Å². The molecular formula is C29H25ClN2. The van der Waals surface area contributed by atoms with E-state index in [4.69, 9.17) is 11.6 Å². The van der Waals surface area contributed by atoms with Gasteiger partial charge in [-0.3, -0.25) is 0 Å². The first-order chi connectivity index (χ1) is 15.7. The Kier molecular flexibility index (Phi) is 5.70. The molecule has 158 valence electrons. The van der Waals surface area contributed by atoms with Crippen LogP contribution in [0.2, 0.25) is 5.02 Å².